The zero-order valence-electron chi connectivity index (χ0n) is 19.5. The van der Waals surface area contributed by atoms with Gasteiger partial charge in [0.05, 0.1) is 5.41 Å². The van der Waals surface area contributed by atoms with Crippen molar-refractivity contribution < 1.29 is 24.2 Å². The number of fused-ring (bicyclic) bond motifs is 3. The second-order valence-corrected chi connectivity index (χ2v) is 9.32. The van der Waals surface area contributed by atoms with Gasteiger partial charge >= 0.3 is 12.1 Å². The van der Waals surface area contributed by atoms with Crippen molar-refractivity contribution in [3.8, 4) is 11.1 Å². The average Bonchev–Trinajstić information content (AvgIpc) is 3.45. The van der Waals surface area contributed by atoms with E-state index in [0.717, 1.165) is 35.1 Å². The number of alkyl carbamates (subject to hydrolysis) is 1. The van der Waals surface area contributed by atoms with Crippen molar-refractivity contribution in [2.24, 2.45) is 5.41 Å². The number of aliphatic carboxylic acids is 1. The molecule has 2 aliphatic rings. The maximum Gasteiger partial charge on any atom is 0.407 e. The van der Waals surface area contributed by atoms with Gasteiger partial charge in [0, 0.05) is 12.5 Å². The molecule has 0 radical (unpaired) electrons. The molecule has 7 nitrogen and oxygen atoms in total. The minimum absolute atomic E-state index is 0.0349. The van der Waals surface area contributed by atoms with Crippen LogP contribution >= 0.6 is 0 Å². The number of hydrogen-bond acceptors (Lipinski definition) is 4. The molecule has 2 aromatic rings. The summed E-state index contributed by atoms with van der Waals surface area (Å²) >= 11 is 0. The van der Waals surface area contributed by atoms with Crippen molar-refractivity contribution in [1.29, 1.82) is 0 Å². The van der Waals surface area contributed by atoms with Crippen LogP contribution in [0.25, 0.3) is 11.1 Å². The molecule has 1 unspecified atom stereocenters. The lowest BCUT2D eigenvalue weighted by Crippen LogP contribution is -2.51. The summed E-state index contributed by atoms with van der Waals surface area (Å²) in [6.07, 6.45) is 3.42. The molecular formula is C27H32N2O5. The summed E-state index contributed by atoms with van der Waals surface area (Å²) in [5, 5.41) is 14.9. The molecule has 2 aromatic carbocycles. The second kappa shape index (κ2) is 10.3. The minimum atomic E-state index is -1.03. The van der Waals surface area contributed by atoms with Gasteiger partial charge in [0.2, 0.25) is 5.91 Å². The molecule has 7 heteroatoms. The monoisotopic (exact) mass is 464 g/mol. The van der Waals surface area contributed by atoms with E-state index in [-0.39, 0.29) is 25.0 Å². The van der Waals surface area contributed by atoms with Crippen LogP contribution in [0.4, 0.5) is 4.79 Å². The molecule has 1 saturated carbocycles. The first-order chi connectivity index (χ1) is 16.4. The number of carbonyl (C=O) groups excluding carboxylic acids is 2. The van der Waals surface area contributed by atoms with Crippen molar-refractivity contribution in [2.45, 2.75) is 57.4 Å². The number of ether oxygens (including phenoxy) is 1. The minimum Gasteiger partial charge on any atom is -0.480 e. The standard InChI is InChI=1S/C27H32N2O5/c1-2-9-23(24(30)31)29-25(32)27(14-7-8-15-27)17-28-26(33)34-16-22-20-12-5-3-10-18(20)19-11-4-6-13-21(19)22/h3-6,10-13,22-23H,2,7-9,14-17H2,1H3,(H,28,33)(H,29,32)(H,30,31). The van der Waals surface area contributed by atoms with Crippen LogP contribution in [0.1, 0.15) is 62.5 Å². The molecule has 0 saturated heterocycles. The topological polar surface area (TPSA) is 105 Å². The summed E-state index contributed by atoms with van der Waals surface area (Å²) < 4.78 is 5.61. The lowest BCUT2D eigenvalue weighted by atomic mass is 9.84. The molecule has 2 aliphatic carbocycles. The molecular weight excluding hydrogens is 432 g/mol. The smallest absolute Gasteiger partial charge is 0.407 e. The van der Waals surface area contributed by atoms with Crippen molar-refractivity contribution in [3.05, 3.63) is 59.7 Å². The van der Waals surface area contributed by atoms with Gasteiger partial charge in [-0.25, -0.2) is 9.59 Å². The average molecular weight is 465 g/mol. The van der Waals surface area contributed by atoms with Gasteiger partial charge in [0.15, 0.2) is 0 Å². The lowest BCUT2D eigenvalue weighted by molar-refractivity contribution is -0.144. The van der Waals surface area contributed by atoms with Crippen LogP contribution in [0, 0.1) is 5.41 Å². The zero-order valence-corrected chi connectivity index (χ0v) is 19.5. The molecule has 34 heavy (non-hydrogen) atoms. The van der Waals surface area contributed by atoms with E-state index in [1.54, 1.807) is 0 Å². The van der Waals surface area contributed by atoms with Gasteiger partial charge in [0.25, 0.3) is 0 Å². The maximum absolute atomic E-state index is 13.0. The Hall–Kier alpha value is -3.35. The van der Waals surface area contributed by atoms with Crippen molar-refractivity contribution in [3.63, 3.8) is 0 Å². The van der Waals surface area contributed by atoms with Gasteiger partial charge in [-0.3, -0.25) is 4.79 Å². The van der Waals surface area contributed by atoms with Gasteiger partial charge in [-0.2, -0.15) is 0 Å². The predicted octanol–water partition coefficient (Wildman–Crippen LogP) is 4.46. The molecule has 0 aliphatic heterocycles. The highest BCUT2D eigenvalue weighted by molar-refractivity contribution is 5.88. The van der Waals surface area contributed by atoms with E-state index in [1.165, 1.54) is 0 Å². The summed E-state index contributed by atoms with van der Waals surface area (Å²) in [6.45, 7) is 2.22. The predicted molar refractivity (Wildman–Crippen MR) is 128 cm³/mol. The highest BCUT2D eigenvalue weighted by Gasteiger charge is 2.42. The summed E-state index contributed by atoms with van der Waals surface area (Å²) in [5.74, 6) is -1.37. The Morgan fingerprint density at radius 1 is 1.03 bits per heavy atom. The molecule has 1 fully saturated rings. The quantitative estimate of drug-likeness (QED) is 0.508. The van der Waals surface area contributed by atoms with Crippen LogP contribution in [0.2, 0.25) is 0 Å². The fourth-order valence-electron chi connectivity index (χ4n) is 5.28. The van der Waals surface area contributed by atoms with Crippen LogP contribution in [0.3, 0.4) is 0 Å². The van der Waals surface area contributed by atoms with E-state index < -0.39 is 23.5 Å². The van der Waals surface area contributed by atoms with E-state index in [2.05, 4.69) is 34.9 Å². The zero-order chi connectivity index (χ0) is 24.1. The molecule has 0 bridgehead atoms. The number of carbonyl (C=O) groups is 3. The number of benzene rings is 2. The summed E-state index contributed by atoms with van der Waals surface area (Å²) in [5.41, 5.74) is 3.80. The van der Waals surface area contributed by atoms with E-state index in [9.17, 15) is 19.5 Å². The van der Waals surface area contributed by atoms with Crippen LogP contribution in [-0.4, -0.2) is 42.3 Å². The number of carboxylic acid groups (broad SMARTS) is 1. The van der Waals surface area contributed by atoms with E-state index in [4.69, 9.17) is 4.74 Å². The molecule has 0 aromatic heterocycles. The number of carboxylic acids is 1. The van der Waals surface area contributed by atoms with Gasteiger partial charge in [-0.1, -0.05) is 74.7 Å². The fourth-order valence-corrected chi connectivity index (χ4v) is 5.28. The maximum atomic E-state index is 13.0. The summed E-state index contributed by atoms with van der Waals surface area (Å²) in [7, 11) is 0. The van der Waals surface area contributed by atoms with Crippen molar-refractivity contribution in [1.82, 2.24) is 10.6 Å². The van der Waals surface area contributed by atoms with Gasteiger partial charge in [0.1, 0.15) is 12.6 Å². The summed E-state index contributed by atoms with van der Waals surface area (Å²) in [4.78, 5) is 37.2. The SMILES string of the molecule is CCCC(NC(=O)C1(CNC(=O)OCC2c3ccccc3-c3ccccc32)CCCC1)C(=O)O. The first-order valence-electron chi connectivity index (χ1n) is 12.1. The van der Waals surface area contributed by atoms with Gasteiger partial charge in [-0.15, -0.1) is 0 Å². The van der Waals surface area contributed by atoms with Gasteiger partial charge in [-0.05, 0) is 41.5 Å². The highest BCUT2D eigenvalue weighted by Crippen LogP contribution is 2.44. The Labute approximate surface area is 199 Å². The Kier molecular flexibility index (Phi) is 7.20. The first kappa shape index (κ1) is 23.8. The third-order valence-electron chi connectivity index (χ3n) is 7.14. The molecule has 3 N–H and O–H groups in total. The Morgan fingerprint density at radius 3 is 2.18 bits per heavy atom. The molecule has 180 valence electrons. The first-order valence-corrected chi connectivity index (χ1v) is 12.1. The van der Waals surface area contributed by atoms with E-state index in [1.807, 2.05) is 31.2 Å². The Morgan fingerprint density at radius 2 is 1.62 bits per heavy atom. The lowest BCUT2D eigenvalue weighted by Gasteiger charge is -2.29. The molecule has 0 spiro atoms. The summed E-state index contributed by atoms with van der Waals surface area (Å²) in [6, 6.07) is 15.4. The third kappa shape index (κ3) is 4.79. The van der Waals surface area contributed by atoms with E-state index >= 15 is 0 Å². The number of rotatable bonds is 9. The fraction of sp³-hybridized carbons (Fsp3) is 0.444. The van der Waals surface area contributed by atoms with Crippen molar-refractivity contribution in [2.75, 3.05) is 13.2 Å². The van der Waals surface area contributed by atoms with Gasteiger partial charge < -0.3 is 20.5 Å². The largest absolute Gasteiger partial charge is 0.480 e. The normalized spacial score (nSPS) is 16.9. The second-order valence-electron chi connectivity index (χ2n) is 9.32. The number of nitrogens with one attached hydrogen (secondary N) is 2. The Balaban J connectivity index is 1.37. The molecule has 0 heterocycles. The highest BCUT2D eigenvalue weighted by atomic mass is 16.5. The van der Waals surface area contributed by atoms with Crippen LogP contribution in [0.5, 0.6) is 0 Å². The molecule has 1 atom stereocenters. The van der Waals surface area contributed by atoms with Crippen LogP contribution in [-0.2, 0) is 14.3 Å². The molecule has 2 amide bonds. The number of hydrogen-bond donors (Lipinski definition) is 3. The number of amides is 2. The Bertz CT molecular complexity index is 1010. The van der Waals surface area contributed by atoms with Crippen molar-refractivity contribution >= 4 is 18.0 Å². The van der Waals surface area contributed by atoms with E-state index in [0.29, 0.717) is 25.7 Å². The molecule has 4 rings (SSSR count). The van der Waals surface area contributed by atoms with Crippen LogP contribution < -0.4 is 10.6 Å². The van der Waals surface area contributed by atoms with Crippen LogP contribution in [0.15, 0.2) is 48.5 Å². The third-order valence-corrected chi connectivity index (χ3v) is 7.14.